The van der Waals surface area contributed by atoms with Crippen molar-refractivity contribution in [3.8, 4) is 0 Å². The number of hydrogen-bond acceptors (Lipinski definition) is 5. The van der Waals surface area contributed by atoms with Gasteiger partial charge >= 0.3 is 0 Å². The van der Waals surface area contributed by atoms with Crippen molar-refractivity contribution in [2.45, 2.75) is 48.6 Å². The van der Waals surface area contributed by atoms with Crippen LogP contribution in [-0.2, 0) is 20.0 Å². The maximum atomic E-state index is 13.9. The molecular formula is C22H26N2O4S3. The Bertz CT molecular complexity index is 1280. The highest BCUT2D eigenvalue weighted by Gasteiger charge is 2.37. The highest BCUT2D eigenvalue weighted by atomic mass is 32.2. The topological polar surface area (TPSA) is 76.5 Å². The average molecular weight is 479 g/mol. The average Bonchev–Trinajstić information content (AvgIpc) is 3.16. The molecule has 0 atom stereocenters. The van der Waals surface area contributed by atoms with Gasteiger partial charge in [0.1, 0.15) is 4.90 Å². The second-order valence-electron chi connectivity index (χ2n) is 7.90. The quantitative estimate of drug-likeness (QED) is 0.531. The molecule has 2 aromatic carbocycles. The van der Waals surface area contributed by atoms with E-state index < -0.39 is 20.0 Å². The zero-order chi connectivity index (χ0) is 22.2. The first-order valence-corrected chi connectivity index (χ1v) is 14.3. The summed E-state index contributed by atoms with van der Waals surface area (Å²) in [7, 11) is -7.85. The summed E-state index contributed by atoms with van der Waals surface area (Å²) in [6.07, 6.45) is 2.86. The van der Waals surface area contributed by atoms with Gasteiger partial charge in [-0.05, 0) is 56.4 Å². The Hall–Kier alpha value is -1.81. The first-order chi connectivity index (χ1) is 14.7. The van der Waals surface area contributed by atoms with E-state index in [1.54, 1.807) is 46.8 Å². The predicted molar refractivity (Wildman–Crippen MR) is 125 cm³/mol. The molecule has 1 saturated heterocycles. The lowest BCUT2D eigenvalue weighted by Gasteiger charge is -2.35. The molecule has 1 aromatic heterocycles. The maximum absolute atomic E-state index is 13.9. The van der Waals surface area contributed by atoms with Crippen LogP contribution in [-0.4, -0.2) is 48.7 Å². The molecule has 31 heavy (non-hydrogen) atoms. The third-order valence-electron chi connectivity index (χ3n) is 5.56. The number of rotatable bonds is 6. The predicted octanol–water partition coefficient (Wildman–Crippen LogP) is 4.17. The van der Waals surface area contributed by atoms with Crippen LogP contribution in [0.2, 0.25) is 0 Å². The van der Waals surface area contributed by atoms with Gasteiger partial charge in [0.25, 0.3) is 10.0 Å². The summed E-state index contributed by atoms with van der Waals surface area (Å²) in [5, 5.41) is 0.415. The maximum Gasteiger partial charge on any atom is 0.268 e. The Kier molecular flexibility index (Phi) is 6.22. The fraction of sp³-hybridized carbons (Fsp3) is 0.364. The van der Waals surface area contributed by atoms with Crippen LogP contribution in [0.15, 0.2) is 70.6 Å². The summed E-state index contributed by atoms with van der Waals surface area (Å²) in [4.78, 5) is 0.152. The Morgan fingerprint density at radius 1 is 0.935 bits per heavy atom. The van der Waals surface area contributed by atoms with Gasteiger partial charge in [-0.25, -0.2) is 20.8 Å². The van der Waals surface area contributed by atoms with Gasteiger partial charge < -0.3 is 0 Å². The minimum atomic E-state index is -3.95. The van der Waals surface area contributed by atoms with E-state index in [1.807, 2.05) is 25.6 Å². The van der Waals surface area contributed by atoms with E-state index in [0.717, 1.165) is 28.3 Å². The fourth-order valence-electron chi connectivity index (χ4n) is 4.18. The van der Waals surface area contributed by atoms with Crippen molar-refractivity contribution in [1.29, 1.82) is 0 Å². The summed E-state index contributed by atoms with van der Waals surface area (Å²) < 4.78 is 57.1. The molecule has 4 rings (SSSR count). The van der Waals surface area contributed by atoms with E-state index in [-0.39, 0.29) is 21.9 Å². The molecule has 1 aliphatic heterocycles. The normalized spacial score (nSPS) is 16.4. The molecule has 0 N–H and O–H groups in total. The SMILES string of the molecule is CC(C)N(C1CCSCC1)S(=O)(=O)c1cn(S(=O)(=O)c2ccccc2)c2ccccc12. The molecule has 0 aliphatic carbocycles. The highest BCUT2D eigenvalue weighted by molar-refractivity contribution is 7.99. The third-order valence-corrected chi connectivity index (χ3v) is 10.4. The molecule has 9 heteroatoms. The first kappa shape index (κ1) is 22.4. The molecule has 1 fully saturated rings. The van der Waals surface area contributed by atoms with Crippen molar-refractivity contribution < 1.29 is 16.8 Å². The molecule has 0 spiro atoms. The van der Waals surface area contributed by atoms with Crippen molar-refractivity contribution in [1.82, 2.24) is 8.28 Å². The second kappa shape index (κ2) is 8.61. The molecule has 0 radical (unpaired) electrons. The van der Waals surface area contributed by atoms with Crippen LogP contribution in [0.4, 0.5) is 0 Å². The molecule has 0 bridgehead atoms. The number of thioether (sulfide) groups is 1. The van der Waals surface area contributed by atoms with Crippen LogP contribution in [0.1, 0.15) is 26.7 Å². The van der Waals surface area contributed by atoms with Gasteiger partial charge in [-0.3, -0.25) is 0 Å². The summed E-state index contributed by atoms with van der Waals surface area (Å²) >= 11 is 1.84. The van der Waals surface area contributed by atoms with Gasteiger partial charge in [-0.1, -0.05) is 36.4 Å². The van der Waals surface area contributed by atoms with Crippen LogP contribution >= 0.6 is 11.8 Å². The number of nitrogens with zero attached hydrogens (tertiary/aromatic N) is 2. The van der Waals surface area contributed by atoms with Crippen molar-refractivity contribution in [3.05, 3.63) is 60.8 Å². The molecule has 2 heterocycles. The smallest absolute Gasteiger partial charge is 0.240 e. The van der Waals surface area contributed by atoms with Crippen LogP contribution in [0.3, 0.4) is 0 Å². The monoisotopic (exact) mass is 478 g/mol. The van der Waals surface area contributed by atoms with Crippen LogP contribution < -0.4 is 0 Å². The standard InChI is InChI=1S/C22H26N2O4S3/c1-17(2)24(18-12-14-29-15-13-18)31(27,28)22-16-23(21-11-7-6-10-20(21)22)30(25,26)19-8-4-3-5-9-19/h3-11,16-18H,12-15H2,1-2H3. The van der Waals surface area contributed by atoms with Crippen molar-refractivity contribution in [2.75, 3.05) is 11.5 Å². The minimum Gasteiger partial charge on any atom is -0.240 e. The van der Waals surface area contributed by atoms with Crippen molar-refractivity contribution >= 4 is 42.7 Å². The van der Waals surface area contributed by atoms with Gasteiger partial charge in [-0.15, -0.1) is 0 Å². The van der Waals surface area contributed by atoms with E-state index in [0.29, 0.717) is 10.9 Å². The minimum absolute atomic E-state index is 0.0366. The Morgan fingerprint density at radius 3 is 2.19 bits per heavy atom. The molecule has 3 aromatic rings. The third kappa shape index (κ3) is 4.04. The van der Waals surface area contributed by atoms with Gasteiger partial charge in [0.15, 0.2) is 0 Å². The van der Waals surface area contributed by atoms with Gasteiger partial charge in [0.2, 0.25) is 10.0 Å². The van der Waals surface area contributed by atoms with E-state index in [1.165, 1.54) is 18.3 Å². The summed E-state index contributed by atoms with van der Waals surface area (Å²) in [5.41, 5.74) is 0.354. The van der Waals surface area contributed by atoms with Crippen LogP contribution in [0.5, 0.6) is 0 Å². The van der Waals surface area contributed by atoms with E-state index in [9.17, 15) is 16.8 Å². The zero-order valence-electron chi connectivity index (χ0n) is 17.5. The number of para-hydroxylation sites is 1. The largest absolute Gasteiger partial charge is 0.268 e. The number of aromatic nitrogens is 1. The lowest BCUT2D eigenvalue weighted by atomic mass is 10.1. The molecule has 166 valence electrons. The lowest BCUT2D eigenvalue weighted by molar-refractivity contribution is 0.259. The molecular weight excluding hydrogens is 452 g/mol. The van der Waals surface area contributed by atoms with Crippen molar-refractivity contribution in [2.24, 2.45) is 0 Å². The van der Waals surface area contributed by atoms with Crippen molar-refractivity contribution in [3.63, 3.8) is 0 Å². The molecule has 0 saturated carbocycles. The van der Waals surface area contributed by atoms with E-state index >= 15 is 0 Å². The Morgan fingerprint density at radius 2 is 1.55 bits per heavy atom. The second-order valence-corrected chi connectivity index (χ2v) is 12.7. The van der Waals surface area contributed by atoms with E-state index in [4.69, 9.17) is 0 Å². The number of hydrogen-bond donors (Lipinski definition) is 0. The fourth-order valence-corrected chi connectivity index (χ4v) is 8.79. The van der Waals surface area contributed by atoms with Gasteiger partial charge in [-0.2, -0.15) is 16.1 Å². The molecule has 1 aliphatic rings. The number of sulfonamides is 1. The summed E-state index contributed by atoms with van der Waals surface area (Å²) in [6.45, 7) is 3.75. The number of fused-ring (bicyclic) bond motifs is 1. The highest BCUT2D eigenvalue weighted by Crippen LogP contribution is 2.34. The summed E-state index contributed by atoms with van der Waals surface area (Å²) in [6, 6.07) is 14.5. The summed E-state index contributed by atoms with van der Waals surface area (Å²) in [5.74, 6) is 1.85. The zero-order valence-corrected chi connectivity index (χ0v) is 20.0. The van der Waals surface area contributed by atoms with Gasteiger partial charge in [0.05, 0.1) is 10.4 Å². The molecule has 0 amide bonds. The Labute approximate surface area is 188 Å². The first-order valence-electron chi connectivity index (χ1n) is 10.3. The Balaban J connectivity index is 1.91. The van der Waals surface area contributed by atoms with Crippen LogP contribution in [0, 0.1) is 0 Å². The molecule has 6 nitrogen and oxygen atoms in total. The van der Waals surface area contributed by atoms with Crippen LogP contribution in [0.25, 0.3) is 10.9 Å². The lowest BCUT2D eigenvalue weighted by Crippen LogP contribution is -2.46. The molecule has 0 unspecified atom stereocenters. The van der Waals surface area contributed by atoms with Gasteiger partial charge in [0, 0.05) is 23.7 Å². The van der Waals surface area contributed by atoms with E-state index in [2.05, 4.69) is 0 Å². The number of benzene rings is 2.